The second kappa shape index (κ2) is 6.74. The molecule has 0 atom stereocenters. The lowest BCUT2D eigenvalue weighted by molar-refractivity contribution is 0.0697. The smallest absolute Gasteiger partial charge is 0.335 e. The highest BCUT2D eigenvalue weighted by atomic mass is 79.9. The van der Waals surface area contributed by atoms with Gasteiger partial charge in [0.05, 0.1) is 5.56 Å². The van der Waals surface area contributed by atoms with Gasteiger partial charge in [-0.25, -0.2) is 9.59 Å². The molecule has 2 rings (SSSR count). The summed E-state index contributed by atoms with van der Waals surface area (Å²) >= 11 is 3.22. The molecule has 0 heterocycles. The van der Waals surface area contributed by atoms with Gasteiger partial charge < -0.3 is 15.7 Å². The summed E-state index contributed by atoms with van der Waals surface area (Å²) in [7, 11) is 0. The first-order valence-corrected chi connectivity index (χ1v) is 7.42. The van der Waals surface area contributed by atoms with Crippen LogP contribution in [0.4, 0.5) is 10.5 Å². The lowest BCUT2D eigenvalue weighted by Crippen LogP contribution is -2.29. The number of rotatable bonds is 6. The number of carbonyl (C=O) groups is 2. The van der Waals surface area contributed by atoms with Crippen LogP contribution in [0.2, 0.25) is 0 Å². The maximum Gasteiger partial charge on any atom is 0.335 e. The minimum atomic E-state index is -1.03. The summed E-state index contributed by atoms with van der Waals surface area (Å²) in [5.74, 6) is -0.165. The molecule has 0 bridgehead atoms. The van der Waals surface area contributed by atoms with Crippen molar-refractivity contribution in [1.82, 2.24) is 5.32 Å². The van der Waals surface area contributed by atoms with E-state index in [1.165, 1.54) is 31.4 Å². The van der Waals surface area contributed by atoms with Crippen LogP contribution in [-0.4, -0.2) is 23.7 Å². The average molecular weight is 341 g/mol. The Morgan fingerprint density at radius 2 is 2.05 bits per heavy atom. The van der Waals surface area contributed by atoms with Crippen LogP contribution in [0.25, 0.3) is 0 Å². The van der Waals surface area contributed by atoms with Crippen molar-refractivity contribution in [1.29, 1.82) is 0 Å². The molecule has 0 saturated heterocycles. The van der Waals surface area contributed by atoms with Crippen molar-refractivity contribution in [3.05, 3.63) is 28.2 Å². The lowest BCUT2D eigenvalue weighted by Gasteiger charge is -2.08. The molecular weight excluding hydrogens is 324 g/mol. The van der Waals surface area contributed by atoms with Crippen molar-refractivity contribution < 1.29 is 14.7 Å². The van der Waals surface area contributed by atoms with Crippen LogP contribution in [-0.2, 0) is 0 Å². The first kappa shape index (κ1) is 14.8. The normalized spacial score (nSPS) is 13.8. The molecule has 1 saturated carbocycles. The molecule has 6 heteroatoms. The van der Waals surface area contributed by atoms with E-state index >= 15 is 0 Å². The summed E-state index contributed by atoms with van der Waals surface area (Å²) in [6.45, 7) is 0.641. The molecule has 0 aliphatic heterocycles. The average Bonchev–Trinajstić information content (AvgIpc) is 3.18. The van der Waals surface area contributed by atoms with Crippen molar-refractivity contribution in [3.8, 4) is 0 Å². The number of carbonyl (C=O) groups excluding carboxylic acids is 1. The molecule has 1 aliphatic rings. The highest BCUT2D eigenvalue weighted by Gasteiger charge is 2.20. The molecule has 2 amide bonds. The first-order valence-electron chi connectivity index (χ1n) is 6.63. The van der Waals surface area contributed by atoms with Crippen molar-refractivity contribution in [2.24, 2.45) is 5.92 Å². The first-order chi connectivity index (χ1) is 9.54. The third-order valence-corrected chi connectivity index (χ3v) is 3.63. The maximum atomic E-state index is 11.7. The fourth-order valence-electron chi connectivity index (χ4n) is 1.96. The number of aromatic carboxylic acids is 1. The third kappa shape index (κ3) is 4.85. The van der Waals surface area contributed by atoms with E-state index < -0.39 is 5.97 Å². The fraction of sp³-hybridized carbons (Fsp3) is 0.429. The highest BCUT2D eigenvalue weighted by Crippen LogP contribution is 2.33. The SMILES string of the molecule is O=C(NCCCC1CC1)Nc1cc(Br)cc(C(=O)O)c1. The molecule has 3 N–H and O–H groups in total. The minimum absolute atomic E-state index is 0.128. The zero-order chi connectivity index (χ0) is 14.5. The van der Waals surface area contributed by atoms with E-state index in [0.29, 0.717) is 16.7 Å². The van der Waals surface area contributed by atoms with Crippen molar-refractivity contribution in [2.75, 3.05) is 11.9 Å². The van der Waals surface area contributed by atoms with E-state index in [4.69, 9.17) is 5.11 Å². The minimum Gasteiger partial charge on any atom is -0.478 e. The molecule has 0 spiro atoms. The Bertz CT molecular complexity index is 515. The summed E-state index contributed by atoms with van der Waals surface area (Å²) in [4.78, 5) is 22.6. The number of hydrogen-bond acceptors (Lipinski definition) is 2. The van der Waals surface area contributed by atoms with Gasteiger partial charge in [0.1, 0.15) is 0 Å². The van der Waals surface area contributed by atoms with Gasteiger partial charge in [-0.05, 0) is 37.0 Å². The molecular formula is C14H17BrN2O3. The Labute approximate surface area is 125 Å². The summed E-state index contributed by atoms with van der Waals surface area (Å²) in [5, 5.41) is 14.4. The summed E-state index contributed by atoms with van der Waals surface area (Å²) < 4.78 is 0.612. The van der Waals surface area contributed by atoms with Gasteiger partial charge in [-0.3, -0.25) is 0 Å². The topological polar surface area (TPSA) is 78.4 Å². The predicted molar refractivity (Wildman–Crippen MR) is 80.1 cm³/mol. The van der Waals surface area contributed by atoms with E-state index in [1.54, 1.807) is 6.07 Å². The van der Waals surface area contributed by atoms with Crippen LogP contribution in [0.5, 0.6) is 0 Å². The molecule has 0 aromatic heterocycles. The molecule has 1 aliphatic carbocycles. The van der Waals surface area contributed by atoms with Gasteiger partial charge in [0.25, 0.3) is 0 Å². The number of benzene rings is 1. The van der Waals surface area contributed by atoms with Gasteiger partial charge in [0, 0.05) is 16.7 Å². The van der Waals surface area contributed by atoms with Crippen LogP contribution >= 0.6 is 15.9 Å². The van der Waals surface area contributed by atoms with E-state index in [1.807, 2.05) is 0 Å². The zero-order valence-corrected chi connectivity index (χ0v) is 12.6. The summed E-state index contributed by atoms with van der Waals surface area (Å²) in [5.41, 5.74) is 0.583. The number of halogens is 1. The fourth-order valence-corrected chi connectivity index (χ4v) is 2.45. The molecule has 1 aromatic rings. The quantitative estimate of drug-likeness (QED) is 0.694. The van der Waals surface area contributed by atoms with Crippen LogP contribution in [0, 0.1) is 5.92 Å². The van der Waals surface area contributed by atoms with Gasteiger partial charge in [-0.15, -0.1) is 0 Å². The lowest BCUT2D eigenvalue weighted by atomic mass is 10.2. The van der Waals surface area contributed by atoms with Crippen LogP contribution in [0.15, 0.2) is 22.7 Å². The number of hydrogen-bond donors (Lipinski definition) is 3. The van der Waals surface area contributed by atoms with Crippen LogP contribution in [0.1, 0.15) is 36.0 Å². The molecule has 0 unspecified atom stereocenters. The second-order valence-electron chi connectivity index (χ2n) is 5.00. The van der Waals surface area contributed by atoms with Gasteiger partial charge in [-0.1, -0.05) is 28.8 Å². The van der Waals surface area contributed by atoms with Crippen LogP contribution in [0.3, 0.4) is 0 Å². The maximum absolute atomic E-state index is 11.7. The zero-order valence-electron chi connectivity index (χ0n) is 11.0. The number of carboxylic acids is 1. The summed E-state index contributed by atoms with van der Waals surface area (Å²) in [6, 6.07) is 4.27. The predicted octanol–water partition coefficient (Wildman–Crippen LogP) is 3.46. The third-order valence-electron chi connectivity index (χ3n) is 3.17. The van der Waals surface area contributed by atoms with Gasteiger partial charge in [0.2, 0.25) is 0 Å². The van der Waals surface area contributed by atoms with Gasteiger partial charge in [0.15, 0.2) is 0 Å². The molecule has 1 aromatic carbocycles. The highest BCUT2D eigenvalue weighted by molar-refractivity contribution is 9.10. The Hall–Kier alpha value is -1.56. The Morgan fingerprint density at radius 1 is 1.30 bits per heavy atom. The van der Waals surface area contributed by atoms with E-state index in [2.05, 4.69) is 26.6 Å². The van der Waals surface area contributed by atoms with E-state index in [-0.39, 0.29) is 11.6 Å². The van der Waals surface area contributed by atoms with E-state index in [0.717, 1.165) is 12.3 Å². The van der Waals surface area contributed by atoms with Crippen molar-refractivity contribution >= 4 is 33.6 Å². The largest absolute Gasteiger partial charge is 0.478 e. The molecule has 20 heavy (non-hydrogen) atoms. The summed E-state index contributed by atoms with van der Waals surface area (Å²) in [6.07, 6.45) is 4.79. The Balaban J connectivity index is 1.81. The van der Waals surface area contributed by atoms with Crippen molar-refractivity contribution in [3.63, 3.8) is 0 Å². The molecule has 0 radical (unpaired) electrons. The standard InChI is InChI=1S/C14H17BrN2O3/c15-11-6-10(13(18)19)7-12(8-11)17-14(20)16-5-1-2-9-3-4-9/h6-9H,1-5H2,(H,18,19)(H2,16,17,20). The molecule has 108 valence electrons. The number of anilines is 1. The number of carboxylic acid groups (broad SMARTS) is 1. The van der Waals surface area contributed by atoms with E-state index in [9.17, 15) is 9.59 Å². The molecule has 1 fully saturated rings. The monoisotopic (exact) mass is 340 g/mol. The Morgan fingerprint density at radius 3 is 2.70 bits per heavy atom. The van der Waals surface area contributed by atoms with Crippen LogP contribution < -0.4 is 10.6 Å². The van der Waals surface area contributed by atoms with Gasteiger partial charge in [-0.2, -0.15) is 0 Å². The number of urea groups is 1. The number of amides is 2. The van der Waals surface area contributed by atoms with Gasteiger partial charge >= 0.3 is 12.0 Å². The second-order valence-corrected chi connectivity index (χ2v) is 5.92. The number of nitrogens with one attached hydrogen (secondary N) is 2. The molecule has 5 nitrogen and oxygen atoms in total. The Kier molecular flexibility index (Phi) is 5.00. The van der Waals surface area contributed by atoms with Crippen molar-refractivity contribution in [2.45, 2.75) is 25.7 Å².